The van der Waals surface area contributed by atoms with Crippen LogP contribution in [-0.2, 0) is 0 Å². The van der Waals surface area contributed by atoms with Crippen LogP contribution in [0.25, 0.3) is 0 Å². The summed E-state index contributed by atoms with van der Waals surface area (Å²) in [6.07, 6.45) is 1.02. The Balaban J connectivity index is 2.14. The number of carboxylic acids is 1. The van der Waals surface area contributed by atoms with E-state index >= 15 is 0 Å². The molecular formula is C15H18N4O2. The number of anilines is 3. The van der Waals surface area contributed by atoms with Crippen LogP contribution in [0, 0.1) is 6.92 Å². The minimum absolute atomic E-state index is 0.254. The van der Waals surface area contributed by atoms with Crippen molar-refractivity contribution in [1.29, 1.82) is 0 Å². The van der Waals surface area contributed by atoms with Crippen molar-refractivity contribution in [2.24, 2.45) is 0 Å². The Hall–Kier alpha value is -2.63. The molecule has 1 aromatic heterocycles. The van der Waals surface area contributed by atoms with Crippen LogP contribution in [0.1, 0.15) is 29.5 Å². The lowest BCUT2D eigenvalue weighted by Crippen LogP contribution is -2.05. The number of aryl methyl sites for hydroxylation is 1. The number of carboxylic acid groups (broad SMARTS) is 1. The van der Waals surface area contributed by atoms with Gasteiger partial charge in [0, 0.05) is 18.3 Å². The number of nitrogens with one attached hydrogen (secondary N) is 2. The minimum atomic E-state index is -0.939. The van der Waals surface area contributed by atoms with E-state index in [1.54, 1.807) is 24.3 Å². The number of nitrogens with zero attached hydrogens (tertiary/aromatic N) is 2. The predicted octanol–water partition coefficient (Wildman–Crippen LogP) is 3.05. The van der Waals surface area contributed by atoms with E-state index in [0.717, 1.165) is 24.5 Å². The molecule has 0 saturated heterocycles. The lowest BCUT2D eigenvalue weighted by atomic mass is 10.2. The maximum atomic E-state index is 10.8. The van der Waals surface area contributed by atoms with Crippen molar-refractivity contribution in [1.82, 2.24) is 9.97 Å². The highest BCUT2D eigenvalue weighted by atomic mass is 16.4. The molecule has 0 unspecified atom stereocenters. The van der Waals surface area contributed by atoms with E-state index in [2.05, 4.69) is 27.5 Å². The molecule has 0 aliphatic rings. The zero-order valence-corrected chi connectivity index (χ0v) is 12.1. The number of aromatic carboxylic acids is 1. The fourth-order valence-electron chi connectivity index (χ4n) is 1.82. The van der Waals surface area contributed by atoms with Crippen LogP contribution in [0.15, 0.2) is 30.3 Å². The molecule has 1 heterocycles. The van der Waals surface area contributed by atoms with Gasteiger partial charge in [0.25, 0.3) is 0 Å². The van der Waals surface area contributed by atoms with Crippen LogP contribution < -0.4 is 10.6 Å². The lowest BCUT2D eigenvalue weighted by Gasteiger charge is -2.10. The van der Waals surface area contributed by atoms with Crippen LogP contribution >= 0.6 is 0 Å². The van der Waals surface area contributed by atoms with Gasteiger partial charge in [-0.2, -0.15) is 0 Å². The average Bonchev–Trinajstić information content (AvgIpc) is 2.45. The maximum absolute atomic E-state index is 10.8. The SMILES string of the molecule is CCCNc1cc(Nc2ccc(C(=O)O)cc2)nc(C)n1. The highest BCUT2D eigenvalue weighted by Crippen LogP contribution is 2.18. The Morgan fingerprint density at radius 2 is 1.86 bits per heavy atom. The highest BCUT2D eigenvalue weighted by Gasteiger charge is 2.04. The molecular weight excluding hydrogens is 268 g/mol. The van der Waals surface area contributed by atoms with Crippen molar-refractivity contribution >= 4 is 23.3 Å². The fourth-order valence-corrected chi connectivity index (χ4v) is 1.82. The normalized spacial score (nSPS) is 10.2. The summed E-state index contributed by atoms with van der Waals surface area (Å²) in [7, 11) is 0. The van der Waals surface area contributed by atoms with E-state index in [4.69, 9.17) is 5.11 Å². The van der Waals surface area contributed by atoms with E-state index in [-0.39, 0.29) is 5.56 Å². The van der Waals surface area contributed by atoms with Crippen LogP contribution in [0.5, 0.6) is 0 Å². The van der Waals surface area contributed by atoms with E-state index in [0.29, 0.717) is 11.6 Å². The van der Waals surface area contributed by atoms with Gasteiger partial charge >= 0.3 is 5.97 Å². The summed E-state index contributed by atoms with van der Waals surface area (Å²) in [6, 6.07) is 8.35. The Labute approximate surface area is 123 Å². The number of rotatable bonds is 6. The van der Waals surface area contributed by atoms with Crippen molar-refractivity contribution < 1.29 is 9.90 Å². The van der Waals surface area contributed by atoms with Gasteiger partial charge in [-0.3, -0.25) is 0 Å². The zero-order valence-electron chi connectivity index (χ0n) is 12.1. The van der Waals surface area contributed by atoms with Gasteiger partial charge in [-0.15, -0.1) is 0 Å². The maximum Gasteiger partial charge on any atom is 0.335 e. The first-order chi connectivity index (χ1) is 10.1. The summed E-state index contributed by atoms with van der Waals surface area (Å²) < 4.78 is 0. The molecule has 0 amide bonds. The molecule has 110 valence electrons. The Bertz CT molecular complexity index is 626. The number of aromatic nitrogens is 2. The Kier molecular flexibility index (Phi) is 4.71. The third-order valence-corrected chi connectivity index (χ3v) is 2.80. The first kappa shape index (κ1) is 14.8. The van der Waals surface area contributed by atoms with Gasteiger partial charge in [0.2, 0.25) is 0 Å². The number of benzene rings is 1. The van der Waals surface area contributed by atoms with Crippen molar-refractivity contribution in [3.05, 3.63) is 41.7 Å². The smallest absolute Gasteiger partial charge is 0.335 e. The second-order valence-electron chi connectivity index (χ2n) is 4.62. The van der Waals surface area contributed by atoms with Crippen molar-refractivity contribution in [2.75, 3.05) is 17.2 Å². The molecule has 0 fully saturated rings. The first-order valence-corrected chi connectivity index (χ1v) is 6.78. The second-order valence-corrected chi connectivity index (χ2v) is 4.62. The Morgan fingerprint density at radius 3 is 2.48 bits per heavy atom. The molecule has 0 aliphatic heterocycles. The predicted molar refractivity (Wildman–Crippen MR) is 82.2 cm³/mol. The van der Waals surface area contributed by atoms with Gasteiger partial charge in [-0.25, -0.2) is 14.8 Å². The molecule has 21 heavy (non-hydrogen) atoms. The third-order valence-electron chi connectivity index (χ3n) is 2.80. The van der Waals surface area contributed by atoms with E-state index in [9.17, 15) is 4.79 Å². The summed E-state index contributed by atoms with van der Waals surface area (Å²) >= 11 is 0. The van der Waals surface area contributed by atoms with E-state index in [1.807, 2.05) is 13.0 Å². The molecule has 0 aliphatic carbocycles. The second kappa shape index (κ2) is 6.69. The molecule has 2 rings (SSSR count). The van der Waals surface area contributed by atoms with Crippen molar-refractivity contribution in [3.63, 3.8) is 0 Å². The lowest BCUT2D eigenvalue weighted by molar-refractivity contribution is 0.0697. The van der Waals surface area contributed by atoms with Crippen LogP contribution in [0.2, 0.25) is 0 Å². The summed E-state index contributed by atoms with van der Waals surface area (Å²) in [6.45, 7) is 4.77. The molecule has 0 atom stereocenters. The summed E-state index contributed by atoms with van der Waals surface area (Å²) in [5.41, 5.74) is 1.03. The summed E-state index contributed by atoms with van der Waals surface area (Å²) in [4.78, 5) is 19.4. The molecule has 6 nitrogen and oxygen atoms in total. The molecule has 1 aromatic carbocycles. The molecule has 0 radical (unpaired) electrons. The third kappa shape index (κ3) is 4.17. The topological polar surface area (TPSA) is 87.1 Å². The monoisotopic (exact) mass is 286 g/mol. The van der Waals surface area contributed by atoms with E-state index in [1.165, 1.54) is 0 Å². The molecule has 0 spiro atoms. The Morgan fingerprint density at radius 1 is 1.19 bits per heavy atom. The van der Waals surface area contributed by atoms with Crippen LogP contribution in [0.3, 0.4) is 0 Å². The van der Waals surface area contributed by atoms with E-state index < -0.39 is 5.97 Å². The summed E-state index contributed by atoms with van der Waals surface area (Å²) in [5, 5.41) is 15.2. The largest absolute Gasteiger partial charge is 0.478 e. The van der Waals surface area contributed by atoms with Gasteiger partial charge in [-0.05, 0) is 37.6 Å². The zero-order chi connectivity index (χ0) is 15.2. The van der Waals surface area contributed by atoms with Gasteiger partial charge in [0.15, 0.2) is 0 Å². The van der Waals surface area contributed by atoms with Crippen molar-refractivity contribution in [3.8, 4) is 0 Å². The highest BCUT2D eigenvalue weighted by molar-refractivity contribution is 5.88. The molecule has 6 heteroatoms. The van der Waals surface area contributed by atoms with Gasteiger partial charge in [0.05, 0.1) is 5.56 Å². The minimum Gasteiger partial charge on any atom is -0.478 e. The number of hydrogen-bond donors (Lipinski definition) is 3. The number of hydrogen-bond acceptors (Lipinski definition) is 5. The first-order valence-electron chi connectivity index (χ1n) is 6.78. The molecule has 0 saturated carbocycles. The summed E-state index contributed by atoms with van der Waals surface area (Å²) in [5.74, 6) is 1.17. The van der Waals surface area contributed by atoms with Gasteiger partial charge < -0.3 is 15.7 Å². The van der Waals surface area contributed by atoms with Crippen LogP contribution in [0.4, 0.5) is 17.3 Å². The molecule has 0 bridgehead atoms. The van der Waals surface area contributed by atoms with Crippen molar-refractivity contribution in [2.45, 2.75) is 20.3 Å². The van der Waals surface area contributed by atoms with Gasteiger partial charge in [-0.1, -0.05) is 6.92 Å². The molecule has 2 aromatic rings. The van der Waals surface area contributed by atoms with Crippen LogP contribution in [-0.4, -0.2) is 27.6 Å². The fraction of sp³-hybridized carbons (Fsp3) is 0.267. The number of carbonyl (C=O) groups is 1. The quantitative estimate of drug-likeness (QED) is 0.756. The average molecular weight is 286 g/mol. The van der Waals surface area contributed by atoms with Gasteiger partial charge in [0.1, 0.15) is 17.5 Å². The molecule has 3 N–H and O–H groups in total. The standard InChI is InChI=1S/C15H18N4O2/c1-3-8-16-13-9-14(18-10(2)17-13)19-12-6-4-11(5-7-12)15(20)21/h4-7,9H,3,8H2,1-2H3,(H,20,21)(H2,16,17,18,19).